The molecule has 3 heteroatoms. The lowest BCUT2D eigenvalue weighted by Gasteiger charge is -2.40. The van der Waals surface area contributed by atoms with Crippen molar-refractivity contribution in [2.24, 2.45) is 11.7 Å². The van der Waals surface area contributed by atoms with Crippen LogP contribution in [-0.2, 0) is 0 Å². The zero-order chi connectivity index (χ0) is 13.0. The molecule has 2 N–H and O–H groups in total. The highest BCUT2D eigenvalue weighted by Gasteiger charge is 2.29. The van der Waals surface area contributed by atoms with Gasteiger partial charge >= 0.3 is 0 Å². The summed E-state index contributed by atoms with van der Waals surface area (Å²) in [4.78, 5) is 6.69. The van der Waals surface area contributed by atoms with Crippen molar-refractivity contribution in [1.29, 1.82) is 0 Å². The third kappa shape index (κ3) is 2.90. The summed E-state index contributed by atoms with van der Waals surface area (Å²) in [5, 5.41) is 0. The van der Waals surface area contributed by atoms with Crippen LogP contribution in [0.15, 0.2) is 24.5 Å². The van der Waals surface area contributed by atoms with E-state index >= 15 is 0 Å². The van der Waals surface area contributed by atoms with Gasteiger partial charge < -0.3 is 5.73 Å². The highest BCUT2D eigenvalue weighted by atomic mass is 15.2. The molecular weight excluding hydrogens is 222 g/mol. The third-order valence-corrected chi connectivity index (χ3v) is 4.37. The second-order valence-corrected chi connectivity index (χ2v) is 5.53. The monoisotopic (exact) mass is 247 g/mol. The smallest absolute Gasteiger partial charge is 0.0485 e. The molecule has 3 nitrogen and oxygen atoms in total. The summed E-state index contributed by atoms with van der Waals surface area (Å²) >= 11 is 0. The van der Waals surface area contributed by atoms with Crippen LogP contribution in [0.4, 0.5) is 0 Å². The molecule has 1 aromatic heterocycles. The van der Waals surface area contributed by atoms with E-state index in [1.165, 1.54) is 31.2 Å². The number of pyridine rings is 1. The van der Waals surface area contributed by atoms with E-state index < -0.39 is 0 Å². The van der Waals surface area contributed by atoms with Crippen molar-refractivity contribution < 1.29 is 0 Å². The number of hydrogen-bond donors (Lipinski definition) is 1. The maximum Gasteiger partial charge on any atom is 0.0485 e. The molecule has 1 fully saturated rings. The molecule has 0 saturated heterocycles. The largest absolute Gasteiger partial charge is 0.329 e. The Labute approximate surface area is 110 Å². The second kappa shape index (κ2) is 6.30. The highest BCUT2D eigenvalue weighted by molar-refractivity contribution is 5.14. The number of nitrogens with zero attached hydrogens (tertiary/aromatic N) is 2. The molecule has 1 aromatic rings. The molecule has 1 aliphatic rings. The van der Waals surface area contributed by atoms with Crippen LogP contribution >= 0.6 is 0 Å². The van der Waals surface area contributed by atoms with E-state index in [0.29, 0.717) is 18.6 Å². The molecule has 0 aliphatic heterocycles. The molecule has 0 spiro atoms. The molecule has 0 aromatic carbocycles. The highest BCUT2D eigenvalue weighted by Crippen LogP contribution is 2.31. The first kappa shape index (κ1) is 13.5. The van der Waals surface area contributed by atoms with Crippen molar-refractivity contribution in [3.05, 3.63) is 30.1 Å². The summed E-state index contributed by atoms with van der Waals surface area (Å²) < 4.78 is 0. The van der Waals surface area contributed by atoms with Crippen LogP contribution < -0.4 is 5.73 Å². The number of rotatable bonds is 4. The van der Waals surface area contributed by atoms with Crippen LogP contribution in [0.5, 0.6) is 0 Å². The van der Waals surface area contributed by atoms with Crippen LogP contribution in [-0.4, -0.2) is 29.5 Å². The molecule has 0 amide bonds. The molecule has 100 valence electrons. The molecule has 1 aliphatic carbocycles. The molecule has 3 unspecified atom stereocenters. The molecule has 18 heavy (non-hydrogen) atoms. The number of nitrogens with two attached hydrogens (primary N) is 1. The van der Waals surface area contributed by atoms with Gasteiger partial charge in [0.05, 0.1) is 0 Å². The summed E-state index contributed by atoms with van der Waals surface area (Å²) in [5.41, 5.74) is 7.22. The van der Waals surface area contributed by atoms with E-state index in [-0.39, 0.29) is 0 Å². The fraction of sp³-hybridized carbons (Fsp3) is 0.667. The van der Waals surface area contributed by atoms with Gasteiger partial charge in [0.25, 0.3) is 0 Å². The van der Waals surface area contributed by atoms with Crippen molar-refractivity contribution in [2.75, 3.05) is 13.6 Å². The van der Waals surface area contributed by atoms with Crippen LogP contribution in [0.3, 0.4) is 0 Å². The molecule has 1 saturated carbocycles. The summed E-state index contributed by atoms with van der Waals surface area (Å²) in [5.74, 6) is 0.773. The van der Waals surface area contributed by atoms with Crippen LogP contribution in [0, 0.1) is 5.92 Å². The maximum absolute atomic E-state index is 5.99. The van der Waals surface area contributed by atoms with Crippen LogP contribution in [0.25, 0.3) is 0 Å². The summed E-state index contributed by atoms with van der Waals surface area (Å²) in [6.07, 6.45) is 9.14. The predicted octanol–water partition coefficient (Wildman–Crippen LogP) is 2.59. The Bertz CT molecular complexity index is 352. The summed E-state index contributed by atoms with van der Waals surface area (Å²) in [6, 6.07) is 5.08. The Balaban J connectivity index is 2.12. The van der Waals surface area contributed by atoms with Gasteiger partial charge in [-0.25, -0.2) is 0 Å². The third-order valence-electron chi connectivity index (χ3n) is 4.37. The predicted molar refractivity (Wildman–Crippen MR) is 75.2 cm³/mol. The van der Waals surface area contributed by atoms with E-state index in [4.69, 9.17) is 5.73 Å². The van der Waals surface area contributed by atoms with E-state index in [1.807, 2.05) is 18.5 Å². The van der Waals surface area contributed by atoms with Crippen molar-refractivity contribution in [3.8, 4) is 0 Å². The molecule has 2 rings (SSSR count). The van der Waals surface area contributed by atoms with Gasteiger partial charge in [-0.2, -0.15) is 0 Å². The lowest BCUT2D eigenvalue weighted by atomic mass is 9.84. The molecule has 3 atom stereocenters. The van der Waals surface area contributed by atoms with Crippen LogP contribution in [0.2, 0.25) is 0 Å². The summed E-state index contributed by atoms with van der Waals surface area (Å²) in [7, 11) is 2.22. The normalized spacial score (nSPS) is 26.2. The number of aromatic nitrogens is 1. The van der Waals surface area contributed by atoms with E-state index in [2.05, 4.69) is 29.9 Å². The Hall–Kier alpha value is -0.930. The fourth-order valence-electron chi connectivity index (χ4n) is 3.24. The van der Waals surface area contributed by atoms with Gasteiger partial charge in [0.15, 0.2) is 0 Å². The minimum absolute atomic E-state index is 0.296. The fourth-order valence-corrected chi connectivity index (χ4v) is 3.24. The first-order chi connectivity index (χ1) is 8.74. The molecule has 0 bridgehead atoms. The van der Waals surface area contributed by atoms with Crippen LogP contribution in [0.1, 0.15) is 44.2 Å². The van der Waals surface area contributed by atoms with Gasteiger partial charge in [0, 0.05) is 31.0 Å². The molecular formula is C15H25N3. The minimum Gasteiger partial charge on any atom is -0.329 e. The Morgan fingerprint density at radius 1 is 1.44 bits per heavy atom. The lowest BCUT2D eigenvalue weighted by Crippen LogP contribution is -2.43. The van der Waals surface area contributed by atoms with Crippen molar-refractivity contribution in [3.63, 3.8) is 0 Å². The quantitative estimate of drug-likeness (QED) is 0.889. The van der Waals surface area contributed by atoms with Gasteiger partial charge in [0.1, 0.15) is 0 Å². The van der Waals surface area contributed by atoms with Gasteiger partial charge in [-0.3, -0.25) is 9.88 Å². The Morgan fingerprint density at radius 3 is 2.83 bits per heavy atom. The number of hydrogen-bond acceptors (Lipinski definition) is 3. The zero-order valence-electron chi connectivity index (χ0n) is 11.5. The average molecular weight is 247 g/mol. The number of likely N-dealkylation sites (N-methyl/N-ethyl adjacent to an activating group) is 1. The molecule has 1 heterocycles. The molecule has 0 radical (unpaired) electrons. The topological polar surface area (TPSA) is 42.1 Å². The Morgan fingerprint density at radius 2 is 2.22 bits per heavy atom. The lowest BCUT2D eigenvalue weighted by molar-refractivity contribution is 0.0990. The first-order valence-electron chi connectivity index (χ1n) is 7.06. The van der Waals surface area contributed by atoms with Gasteiger partial charge in [-0.15, -0.1) is 0 Å². The van der Waals surface area contributed by atoms with Gasteiger partial charge in [-0.1, -0.05) is 25.8 Å². The average Bonchev–Trinajstić information content (AvgIpc) is 2.41. The SMILES string of the molecule is CC1CCCCC1N(C)C(CN)c1cccnc1. The minimum atomic E-state index is 0.296. The first-order valence-corrected chi connectivity index (χ1v) is 7.06. The van der Waals surface area contributed by atoms with Crippen molar-refractivity contribution >= 4 is 0 Å². The van der Waals surface area contributed by atoms with E-state index in [0.717, 1.165) is 5.92 Å². The standard InChI is InChI=1S/C15H25N3/c1-12-6-3-4-8-14(12)18(2)15(10-16)13-7-5-9-17-11-13/h5,7,9,11-12,14-15H,3-4,6,8,10,16H2,1-2H3. The second-order valence-electron chi connectivity index (χ2n) is 5.53. The van der Waals surface area contributed by atoms with E-state index in [9.17, 15) is 0 Å². The zero-order valence-corrected chi connectivity index (χ0v) is 11.5. The Kier molecular flexibility index (Phi) is 4.72. The van der Waals surface area contributed by atoms with Crippen molar-refractivity contribution in [1.82, 2.24) is 9.88 Å². The summed E-state index contributed by atoms with van der Waals surface area (Å²) in [6.45, 7) is 3.03. The van der Waals surface area contributed by atoms with Gasteiger partial charge in [0.2, 0.25) is 0 Å². The van der Waals surface area contributed by atoms with Crippen molar-refractivity contribution in [2.45, 2.75) is 44.7 Å². The van der Waals surface area contributed by atoms with Gasteiger partial charge in [-0.05, 0) is 37.4 Å². The maximum atomic E-state index is 5.99. The van der Waals surface area contributed by atoms with E-state index in [1.54, 1.807) is 0 Å².